The molecule has 1 rings (SSSR count). The maximum atomic E-state index is 11.4. The maximum absolute atomic E-state index is 11.4. The minimum atomic E-state index is 0.0273. The minimum absolute atomic E-state index is 0.0273. The Kier molecular flexibility index (Phi) is 4.17. The van der Waals surface area contributed by atoms with Gasteiger partial charge >= 0.3 is 0 Å². The summed E-state index contributed by atoms with van der Waals surface area (Å²) in [5, 5.41) is 2.81. The first-order chi connectivity index (χ1) is 7.54. The van der Waals surface area contributed by atoms with Crippen molar-refractivity contribution < 1.29 is 4.79 Å². The Bertz CT molecular complexity index is 375. The molecular formula is C12H19N3O. The molecule has 0 saturated carbocycles. The first-order valence-electron chi connectivity index (χ1n) is 5.41. The molecule has 0 saturated heterocycles. The average molecular weight is 221 g/mol. The summed E-state index contributed by atoms with van der Waals surface area (Å²) in [5.41, 5.74) is 8.25. The molecule has 0 spiro atoms. The number of carbonyl (C=O) groups is 1. The third-order valence-electron chi connectivity index (χ3n) is 2.27. The minimum Gasteiger partial charge on any atom is -0.397 e. The predicted molar refractivity (Wildman–Crippen MR) is 68.7 cm³/mol. The summed E-state index contributed by atoms with van der Waals surface area (Å²) in [7, 11) is 3.86. The summed E-state index contributed by atoms with van der Waals surface area (Å²) in [5.74, 6) is 0.0273. The molecule has 0 aliphatic rings. The Balaban J connectivity index is 2.77. The normalized spacial score (nSPS) is 9.94. The molecule has 4 nitrogen and oxygen atoms in total. The Hall–Kier alpha value is -1.71. The van der Waals surface area contributed by atoms with Gasteiger partial charge in [-0.2, -0.15) is 0 Å². The second kappa shape index (κ2) is 5.39. The highest BCUT2D eigenvalue weighted by Gasteiger charge is 2.04. The molecule has 1 amide bonds. The van der Waals surface area contributed by atoms with Gasteiger partial charge in [-0.1, -0.05) is 6.92 Å². The summed E-state index contributed by atoms with van der Waals surface area (Å²) < 4.78 is 0. The highest BCUT2D eigenvalue weighted by Crippen LogP contribution is 2.24. The van der Waals surface area contributed by atoms with Crippen LogP contribution < -0.4 is 16.0 Å². The molecule has 0 aliphatic carbocycles. The fourth-order valence-corrected chi connectivity index (χ4v) is 1.49. The topological polar surface area (TPSA) is 58.4 Å². The van der Waals surface area contributed by atoms with Gasteiger partial charge in [0.2, 0.25) is 5.91 Å². The van der Waals surface area contributed by atoms with Crippen LogP contribution in [0.3, 0.4) is 0 Å². The van der Waals surface area contributed by atoms with Gasteiger partial charge < -0.3 is 16.0 Å². The summed E-state index contributed by atoms with van der Waals surface area (Å²) in [4.78, 5) is 13.3. The molecule has 0 radical (unpaired) electrons. The first kappa shape index (κ1) is 12.4. The van der Waals surface area contributed by atoms with Crippen LogP contribution in [0.4, 0.5) is 17.1 Å². The van der Waals surface area contributed by atoms with Crippen LogP contribution in [0, 0.1) is 0 Å². The molecule has 0 fully saturated rings. The van der Waals surface area contributed by atoms with Crippen molar-refractivity contribution in [1.29, 1.82) is 0 Å². The van der Waals surface area contributed by atoms with Crippen molar-refractivity contribution in [3.63, 3.8) is 0 Å². The average Bonchev–Trinajstić information content (AvgIpc) is 2.17. The maximum Gasteiger partial charge on any atom is 0.224 e. The van der Waals surface area contributed by atoms with Crippen LogP contribution in [0.1, 0.15) is 19.8 Å². The number of nitrogens with zero attached hydrogens (tertiary/aromatic N) is 1. The third kappa shape index (κ3) is 3.15. The van der Waals surface area contributed by atoms with E-state index in [9.17, 15) is 4.79 Å². The van der Waals surface area contributed by atoms with Gasteiger partial charge in [0.15, 0.2) is 0 Å². The van der Waals surface area contributed by atoms with Gasteiger partial charge in [-0.15, -0.1) is 0 Å². The van der Waals surface area contributed by atoms with Crippen LogP contribution in [0.25, 0.3) is 0 Å². The fraction of sp³-hybridized carbons (Fsp3) is 0.417. The Morgan fingerprint density at radius 3 is 2.62 bits per heavy atom. The van der Waals surface area contributed by atoms with Crippen molar-refractivity contribution in [2.45, 2.75) is 19.8 Å². The van der Waals surface area contributed by atoms with Gasteiger partial charge in [-0.05, 0) is 24.6 Å². The van der Waals surface area contributed by atoms with Crippen molar-refractivity contribution in [2.75, 3.05) is 30.0 Å². The molecule has 0 heterocycles. The lowest BCUT2D eigenvalue weighted by Gasteiger charge is -2.16. The largest absolute Gasteiger partial charge is 0.397 e. The lowest BCUT2D eigenvalue weighted by Crippen LogP contribution is -2.13. The van der Waals surface area contributed by atoms with Gasteiger partial charge in [0.05, 0.1) is 11.4 Å². The highest BCUT2D eigenvalue weighted by molar-refractivity contribution is 5.91. The van der Waals surface area contributed by atoms with Crippen LogP contribution in [0.2, 0.25) is 0 Å². The standard InChI is InChI=1S/C12H19N3O/c1-4-5-12(16)14-9-6-7-11(15(2)3)10(13)8-9/h6-8H,4-5,13H2,1-3H3,(H,14,16). The van der Waals surface area contributed by atoms with Gasteiger partial charge in [-0.25, -0.2) is 0 Å². The fourth-order valence-electron chi connectivity index (χ4n) is 1.49. The lowest BCUT2D eigenvalue weighted by molar-refractivity contribution is -0.116. The number of hydrogen-bond acceptors (Lipinski definition) is 3. The molecule has 88 valence electrons. The van der Waals surface area contributed by atoms with E-state index in [-0.39, 0.29) is 5.91 Å². The summed E-state index contributed by atoms with van der Waals surface area (Å²) in [6.07, 6.45) is 1.38. The summed E-state index contributed by atoms with van der Waals surface area (Å²) >= 11 is 0. The van der Waals surface area contributed by atoms with E-state index in [1.165, 1.54) is 0 Å². The van der Waals surface area contributed by atoms with Crippen molar-refractivity contribution in [3.8, 4) is 0 Å². The van der Waals surface area contributed by atoms with Crippen molar-refractivity contribution in [2.24, 2.45) is 0 Å². The molecule has 1 aromatic rings. The number of nitrogens with two attached hydrogens (primary N) is 1. The highest BCUT2D eigenvalue weighted by atomic mass is 16.1. The van der Waals surface area contributed by atoms with Gasteiger partial charge in [0.25, 0.3) is 0 Å². The molecular weight excluding hydrogens is 202 g/mol. The molecule has 0 bridgehead atoms. The predicted octanol–water partition coefficient (Wildman–Crippen LogP) is 2.07. The Morgan fingerprint density at radius 2 is 2.12 bits per heavy atom. The SMILES string of the molecule is CCCC(=O)Nc1ccc(N(C)C)c(N)c1. The quantitative estimate of drug-likeness (QED) is 0.765. The van der Waals surface area contributed by atoms with Crippen molar-refractivity contribution in [3.05, 3.63) is 18.2 Å². The van der Waals surface area contributed by atoms with E-state index >= 15 is 0 Å². The zero-order valence-corrected chi connectivity index (χ0v) is 10.1. The van der Waals surface area contributed by atoms with Crippen LogP contribution in [-0.2, 0) is 4.79 Å². The Morgan fingerprint density at radius 1 is 1.44 bits per heavy atom. The van der Waals surface area contributed by atoms with E-state index < -0.39 is 0 Å². The zero-order chi connectivity index (χ0) is 12.1. The molecule has 3 N–H and O–H groups in total. The number of hydrogen-bond donors (Lipinski definition) is 2. The zero-order valence-electron chi connectivity index (χ0n) is 10.1. The number of rotatable bonds is 4. The van der Waals surface area contributed by atoms with Gasteiger partial charge in [0, 0.05) is 26.2 Å². The number of anilines is 3. The lowest BCUT2D eigenvalue weighted by atomic mass is 10.2. The number of carbonyl (C=O) groups excluding carboxylic acids is 1. The molecule has 1 aromatic carbocycles. The molecule has 0 unspecified atom stereocenters. The Labute approximate surface area is 96.4 Å². The van der Waals surface area contributed by atoms with E-state index in [2.05, 4.69) is 5.32 Å². The van der Waals surface area contributed by atoms with Gasteiger partial charge in [-0.3, -0.25) is 4.79 Å². The van der Waals surface area contributed by atoms with Crippen molar-refractivity contribution >= 4 is 23.0 Å². The van der Waals surface area contributed by atoms with E-state index in [1.54, 1.807) is 6.07 Å². The third-order valence-corrected chi connectivity index (χ3v) is 2.27. The first-order valence-corrected chi connectivity index (χ1v) is 5.41. The van der Waals surface area contributed by atoms with Crippen LogP contribution >= 0.6 is 0 Å². The van der Waals surface area contributed by atoms with Crippen LogP contribution in [-0.4, -0.2) is 20.0 Å². The van der Waals surface area contributed by atoms with Gasteiger partial charge in [0.1, 0.15) is 0 Å². The molecule has 0 aromatic heterocycles. The number of nitrogens with one attached hydrogen (secondary N) is 1. The molecule has 16 heavy (non-hydrogen) atoms. The van der Waals surface area contributed by atoms with Crippen LogP contribution in [0.5, 0.6) is 0 Å². The van der Waals surface area contributed by atoms with Crippen LogP contribution in [0.15, 0.2) is 18.2 Å². The smallest absolute Gasteiger partial charge is 0.224 e. The molecule has 0 atom stereocenters. The van der Waals surface area contributed by atoms with E-state index in [0.29, 0.717) is 12.1 Å². The number of amides is 1. The second-order valence-electron chi connectivity index (χ2n) is 3.97. The monoisotopic (exact) mass is 221 g/mol. The van der Waals surface area contributed by atoms with E-state index in [0.717, 1.165) is 17.8 Å². The number of benzene rings is 1. The summed E-state index contributed by atoms with van der Waals surface area (Å²) in [6.45, 7) is 1.98. The molecule has 4 heteroatoms. The second-order valence-corrected chi connectivity index (χ2v) is 3.97. The van der Waals surface area contributed by atoms with E-state index in [1.807, 2.05) is 38.1 Å². The van der Waals surface area contributed by atoms with Crippen molar-refractivity contribution in [1.82, 2.24) is 0 Å². The number of nitrogen functional groups attached to an aromatic ring is 1. The molecule has 0 aliphatic heterocycles. The summed E-state index contributed by atoms with van der Waals surface area (Å²) in [6, 6.07) is 5.54. The van der Waals surface area contributed by atoms with E-state index in [4.69, 9.17) is 5.73 Å².